The second-order valence-electron chi connectivity index (χ2n) is 4.29. The van der Waals surface area contributed by atoms with Crippen molar-refractivity contribution in [2.75, 3.05) is 11.9 Å². The fourth-order valence-corrected chi connectivity index (χ4v) is 3.30. The lowest BCUT2D eigenvalue weighted by molar-refractivity contribution is 0.101. The Morgan fingerprint density at radius 3 is 3.05 bits per heavy atom. The van der Waals surface area contributed by atoms with Crippen LogP contribution in [-0.2, 0) is 17.8 Å². The summed E-state index contributed by atoms with van der Waals surface area (Å²) in [5.41, 5.74) is 2.49. The molecule has 0 bridgehead atoms. The zero-order valence-corrected chi connectivity index (χ0v) is 11.7. The summed E-state index contributed by atoms with van der Waals surface area (Å²) in [6.07, 6.45) is 0.796. The third-order valence-electron chi connectivity index (χ3n) is 3.08. The number of hydrogen-bond donors (Lipinski definition) is 1. The maximum atomic E-state index is 12.3. The highest BCUT2D eigenvalue weighted by atomic mass is 35.5. The molecule has 1 aromatic heterocycles. The fraction of sp³-hybridized carbons (Fsp3) is 0.214. The largest absolute Gasteiger partial charge is 0.376 e. The molecule has 2 heterocycles. The number of fused-ring (bicyclic) bond motifs is 1. The average molecular weight is 294 g/mol. The van der Waals surface area contributed by atoms with Gasteiger partial charge in [0.1, 0.15) is 0 Å². The minimum Gasteiger partial charge on any atom is -0.376 e. The van der Waals surface area contributed by atoms with E-state index in [4.69, 9.17) is 16.3 Å². The van der Waals surface area contributed by atoms with Crippen LogP contribution in [0, 0.1) is 0 Å². The van der Waals surface area contributed by atoms with E-state index >= 15 is 0 Å². The molecule has 0 unspecified atom stereocenters. The molecule has 5 heteroatoms. The fourth-order valence-electron chi connectivity index (χ4n) is 2.10. The quantitative estimate of drug-likeness (QED) is 0.916. The Morgan fingerprint density at radius 2 is 2.21 bits per heavy atom. The van der Waals surface area contributed by atoms with E-state index in [1.54, 1.807) is 23.5 Å². The summed E-state index contributed by atoms with van der Waals surface area (Å²) in [5, 5.41) is 5.30. The molecule has 3 rings (SSSR count). The monoisotopic (exact) mass is 293 g/mol. The number of ether oxygens (including phenoxy) is 1. The van der Waals surface area contributed by atoms with Crippen LogP contribution in [0.3, 0.4) is 0 Å². The standard InChI is InChI=1S/C14H12ClNO2S/c15-11-3-1-2-4-12(11)16-14(17)10-8-19-13-7-18-6-5-9(10)13/h1-4,8H,5-7H2,(H,16,17). The molecule has 0 atom stereocenters. The molecule has 1 aliphatic rings. The van der Waals surface area contributed by atoms with Crippen molar-refractivity contribution >= 4 is 34.5 Å². The van der Waals surface area contributed by atoms with Crippen LogP contribution >= 0.6 is 22.9 Å². The van der Waals surface area contributed by atoms with Gasteiger partial charge in [-0.1, -0.05) is 23.7 Å². The smallest absolute Gasteiger partial charge is 0.256 e. The van der Waals surface area contributed by atoms with Crippen LogP contribution in [0.15, 0.2) is 29.6 Å². The first-order valence-electron chi connectivity index (χ1n) is 5.98. The summed E-state index contributed by atoms with van der Waals surface area (Å²) in [7, 11) is 0. The van der Waals surface area contributed by atoms with Gasteiger partial charge in [-0.3, -0.25) is 4.79 Å². The highest BCUT2D eigenvalue weighted by molar-refractivity contribution is 7.10. The number of carbonyl (C=O) groups excluding carboxylic acids is 1. The summed E-state index contributed by atoms with van der Waals surface area (Å²) < 4.78 is 5.38. The topological polar surface area (TPSA) is 38.3 Å². The van der Waals surface area contributed by atoms with E-state index in [1.165, 1.54) is 0 Å². The summed E-state index contributed by atoms with van der Waals surface area (Å²) in [6, 6.07) is 7.23. The second-order valence-corrected chi connectivity index (χ2v) is 5.66. The number of carbonyl (C=O) groups is 1. The normalized spacial score (nSPS) is 13.9. The predicted octanol–water partition coefficient (Wildman–Crippen LogP) is 3.73. The molecule has 0 saturated carbocycles. The molecule has 0 radical (unpaired) electrons. The molecule has 1 N–H and O–H groups in total. The van der Waals surface area contributed by atoms with Gasteiger partial charge in [0.05, 0.1) is 29.5 Å². The summed E-state index contributed by atoms with van der Waals surface area (Å²) in [6.45, 7) is 1.29. The number of para-hydroxylation sites is 1. The lowest BCUT2D eigenvalue weighted by Crippen LogP contribution is -2.16. The van der Waals surface area contributed by atoms with Gasteiger partial charge in [0.25, 0.3) is 5.91 Å². The van der Waals surface area contributed by atoms with Crippen LogP contribution in [0.4, 0.5) is 5.69 Å². The Kier molecular flexibility index (Phi) is 3.55. The van der Waals surface area contributed by atoms with Crippen molar-refractivity contribution in [1.82, 2.24) is 0 Å². The number of halogens is 1. The third kappa shape index (κ3) is 2.52. The van der Waals surface area contributed by atoms with Crippen molar-refractivity contribution in [3.63, 3.8) is 0 Å². The second kappa shape index (κ2) is 5.33. The number of anilines is 1. The summed E-state index contributed by atoms with van der Waals surface area (Å²) in [5.74, 6) is -0.104. The lowest BCUT2D eigenvalue weighted by Gasteiger charge is -2.13. The molecule has 0 spiro atoms. The number of thiophene rings is 1. The molecular weight excluding hydrogens is 282 g/mol. The van der Waals surface area contributed by atoms with Gasteiger partial charge in [-0.2, -0.15) is 0 Å². The van der Waals surface area contributed by atoms with Gasteiger partial charge in [-0.05, 0) is 24.1 Å². The third-order valence-corrected chi connectivity index (χ3v) is 4.41. The van der Waals surface area contributed by atoms with Gasteiger partial charge in [-0.25, -0.2) is 0 Å². The van der Waals surface area contributed by atoms with E-state index in [0.29, 0.717) is 23.9 Å². The molecule has 19 heavy (non-hydrogen) atoms. The Bertz CT molecular complexity index is 624. The van der Waals surface area contributed by atoms with Crippen LogP contribution in [0.25, 0.3) is 0 Å². The SMILES string of the molecule is O=C(Nc1ccccc1Cl)c1csc2c1CCOC2. The van der Waals surface area contributed by atoms with Crippen LogP contribution in [0.2, 0.25) is 5.02 Å². The molecule has 0 aliphatic carbocycles. The summed E-state index contributed by atoms with van der Waals surface area (Å²) >= 11 is 7.62. The predicted molar refractivity (Wildman–Crippen MR) is 77.1 cm³/mol. The van der Waals surface area contributed by atoms with Crippen molar-refractivity contribution < 1.29 is 9.53 Å². The highest BCUT2D eigenvalue weighted by Crippen LogP contribution is 2.29. The zero-order chi connectivity index (χ0) is 13.2. The molecule has 3 nitrogen and oxygen atoms in total. The average Bonchev–Trinajstić information content (AvgIpc) is 2.85. The Labute approximate surface area is 120 Å². The molecule has 98 valence electrons. The molecule has 1 amide bonds. The first-order chi connectivity index (χ1) is 9.25. The number of hydrogen-bond acceptors (Lipinski definition) is 3. The van der Waals surface area contributed by atoms with Gasteiger partial charge in [0, 0.05) is 10.3 Å². The Morgan fingerprint density at radius 1 is 1.37 bits per heavy atom. The van der Waals surface area contributed by atoms with Crippen LogP contribution in [0.1, 0.15) is 20.8 Å². The van der Waals surface area contributed by atoms with Gasteiger partial charge in [-0.15, -0.1) is 11.3 Å². The van der Waals surface area contributed by atoms with E-state index in [9.17, 15) is 4.79 Å². The Balaban J connectivity index is 1.85. The lowest BCUT2D eigenvalue weighted by atomic mass is 10.1. The molecule has 1 aromatic carbocycles. The van der Waals surface area contributed by atoms with Crippen LogP contribution in [0.5, 0.6) is 0 Å². The van der Waals surface area contributed by atoms with E-state index in [2.05, 4.69) is 5.32 Å². The number of rotatable bonds is 2. The summed E-state index contributed by atoms with van der Waals surface area (Å²) in [4.78, 5) is 13.4. The number of benzene rings is 1. The maximum Gasteiger partial charge on any atom is 0.256 e. The van der Waals surface area contributed by atoms with Gasteiger partial charge in [0.2, 0.25) is 0 Å². The van der Waals surface area contributed by atoms with E-state index in [1.807, 2.05) is 17.5 Å². The Hall–Kier alpha value is -1.36. The maximum absolute atomic E-state index is 12.3. The van der Waals surface area contributed by atoms with Gasteiger partial charge < -0.3 is 10.1 Å². The first-order valence-corrected chi connectivity index (χ1v) is 7.24. The minimum atomic E-state index is -0.104. The van der Waals surface area contributed by atoms with Crippen molar-refractivity contribution in [3.05, 3.63) is 50.7 Å². The molecule has 0 saturated heterocycles. The van der Waals surface area contributed by atoms with Crippen molar-refractivity contribution in [2.45, 2.75) is 13.0 Å². The highest BCUT2D eigenvalue weighted by Gasteiger charge is 2.20. The van der Waals surface area contributed by atoms with Crippen LogP contribution < -0.4 is 5.32 Å². The molecule has 1 aliphatic heterocycles. The van der Waals surface area contributed by atoms with Gasteiger partial charge in [0.15, 0.2) is 0 Å². The van der Waals surface area contributed by atoms with E-state index in [0.717, 1.165) is 22.4 Å². The van der Waals surface area contributed by atoms with Crippen LogP contribution in [-0.4, -0.2) is 12.5 Å². The molecular formula is C14H12ClNO2S. The number of amides is 1. The van der Waals surface area contributed by atoms with Gasteiger partial charge >= 0.3 is 0 Å². The molecule has 2 aromatic rings. The molecule has 0 fully saturated rings. The minimum absolute atomic E-state index is 0.104. The van der Waals surface area contributed by atoms with Crippen molar-refractivity contribution in [2.24, 2.45) is 0 Å². The van der Waals surface area contributed by atoms with E-state index < -0.39 is 0 Å². The van der Waals surface area contributed by atoms with Crippen molar-refractivity contribution in [1.29, 1.82) is 0 Å². The van der Waals surface area contributed by atoms with Crippen molar-refractivity contribution in [3.8, 4) is 0 Å². The number of nitrogens with one attached hydrogen (secondary N) is 1. The van der Waals surface area contributed by atoms with E-state index in [-0.39, 0.29) is 5.91 Å². The first kappa shape index (κ1) is 12.7. The zero-order valence-electron chi connectivity index (χ0n) is 10.1.